The van der Waals surface area contributed by atoms with E-state index in [1.165, 1.54) is 6.07 Å². The van der Waals surface area contributed by atoms with Crippen molar-refractivity contribution in [3.8, 4) is 0 Å². The molecular weight excluding hydrogens is 396 g/mol. The molecule has 0 radical (unpaired) electrons. The number of rotatable bonds is 5. The van der Waals surface area contributed by atoms with Gasteiger partial charge >= 0.3 is 5.97 Å². The fourth-order valence-electron chi connectivity index (χ4n) is 4.48. The molecule has 2 aromatic carbocycles. The molecule has 2 aromatic rings. The highest BCUT2D eigenvalue weighted by Gasteiger charge is 2.51. The molecule has 29 heavy (non-hydrogen) atoms. The maximum Gasteiger partial charge on any atom is 0.313 e. The zero-order chi connectivity index (χ0) is 21.0. The number of sulfonamides is 1. The number of piperidine rings is 1. The number of aliphatic carboxylic acids is 1. The molecule has 2 atom stereocenters. The molecule has 0 aromatic heterocycles. The molecular formula is C20H22N2O6S. The molecule has 9 heteroatoms. The summed E-state index contributed by atoms with van der Waals surface area (Å²) in [7, 11) is -4.04. The molecule has 1 fully saturated rings. The molecule has 0 saturated carbocycles. The van der Waals surface area contributed by atoms with E-state index in [0.29, 0.717) is 28.4 Å². The summed E-state index contributed by atoms with van der Waals surface area (Å²) in [6, 6.07) is 7.90. The normalized spacial score (nSPS) is 24.6. The summed E-state index contributed by atoms with van der Waals surface area (Å²) in [5.74, 6) is -1.48. The van der Waals surface area contributed by atoms with Gasteiger partial charge in [-0.2, -0.15) is 4.31 Å². The number of anilines is 1. The third kappa shape index (κ3) is 2.84. The summed E-state index contributed by atoms with van der Waals surface area (Å²) < 4.78 is 28.1. The van der Waals surface area contributed by atoms with E-state index in [0.717, 1.165) is 4.31 Å². The lowest BCUT2D eigenvalue weighted by Gasteiger charge is -2.42. The number of benzene rings is 2. The number of carbonyl (C=O) groups excluding carboxylic acids is 1. The Balaban J connectivity index is 1.82. The maximum atomic E-state index is 13.5. The molecule has 154 valence electrons. The Labute approximate surface area is 168 Å². The van der Waals surface area contributed by atoms with E-state index in [2.05, 4.69) is 5.32 Å². The molecule has 2 heterocycles. The summed E-state index contributed by atoms with van der Waals surface area (Å²) in [5.41, 5.74) is -0.569. The van der Waals surface area contributed by atoms with Crippen LogP contribution in [0, 0.1) is 5.41 Å². The first-order valence-corrected chi connectivity index (χ1v) is 10.9. The van der Waals surface area contributed by atoms with Gasteiger partial charge in [-0.1, -0.05) is 25.5 Å². The second kappa shape index (κ2) is 6.79. The first-order chi connectivity index (χ1) is 13.7. The standard InChI is InChI=1S/C20H22N2O6S/c1-2-9-20(19(25)26)11-22(10-8-16(20)23)29(27,28)15-7-6-14-17-12(15)4-3-5-13(17)18(24)21-14/h3-7,16,23H,2,8-11H2,1H3,(H,21,24)(H,25,26)/t16-,20+/m1/s1. The van der Waals surface area contributed by atoms with E-state index in [4.69, 9.17) is 0 Å². The summed E-state index contributed by atoms with van der Waals surface area (Å²) in [6.07, 6.45) is -0.377. The van der Waals surface area contributed by atoms with Crippen molar-refractivity contribution in [1.29, 1.82) is 0 Å². The SMILES string of the molecule is CCC[C@]1(C(=O)O)CN(S(=O)(=O)c2ccc3c4c(cccc24)C(=O)N3)CC[C@H]1O. The van der Waals surface area contributed by atoms with Crippen molar-refractivity contribution in [2.24, 2.45) is 5.41 Å². The Bertz CT molecular complexity index is 1130. The van der Waals surface area contributed by atoms with Crippen LogP contribution in [0.2, 0.25) is 0 Å². The van der Waals surface area contributed by atoms with E-state index in [-0.39, 0.29) is 36.7 Å². The molecule has 8 nitrogen and oxygen atoms in total. The predicted molar refractivity (Wildman–Crippen MR) is 106 cm³/mol. The summed E-state index contributed by atoms with van der Waals surface area (Å²) in [5, 5.41) is 23.9. The largest absolute Gasteiger partial charge is 0.481 e. The van der Waals surface area contributed by atoms with Gasteiger partial charge in [0.25, 0.3) is 5.91 Å². The summed E-state index contributed by atoms with van der Waals surface area (Å²) in [6.45, 7) is 1.54. The highest BCUT2D eigenvalue weighted by Crippen LogP contribution is 2.41. The van der Waals surface area contributed by atoms with Gasteiger partial charge in [0.1, 0.15) is 5.41 Å². The average molecular weight is 418 g/mol. The van der Waals surface area contributed by atoms with Crippen molar-refractivity contribution < 1.29 is 28.2 Å². The summed E-state index contributed by atoms with van der Waals surface area (Å²) in [4.78, 5) is 24.1. The molecule has 1 amide bonds. The lowest BCUT2D eigenvalue weighted by Crippen LogP contribution is -2.57. The topological polar surface area (TPSA) is 124 Å². The molecule has 2 aliphatic rings. The monoisotopic (exact) mass is 418 g/mol. The number of nitrogens with zero attached hydrogens (tertiary/aromatic N) is 1. The van der Waals surface area contributed by atoms with Gasteiger partial charge in [-0.3, -0.25) is 9.59 Å². The van der Waals surface area contributed by atoms with Crippen LogP contribution in [0.3, 0.4) is 0 Å². The highest BCUT2D eigenvalue weighted by molar-refractivity contribution is 7.89. The van der Waals surface area contributed by atoms with Crippen LogP contribution in [0.15, 0.2) is 35.2 Å². The number of carbonyl (C=O) groups is 2. The van der Waals surface area contributed by atoms with Crippen molar-refractivity contribution in [3.05, 3.63) is 35.9 Å². The Morgan fingerprint density at radius 3 is 2.76 bits per heavy atom. The third-order valence-corrected chi connectivity index (χ3v) is 7.88. The number of nitrogens with one attached hydrogen (secondary N) is 1. The van der Waals surface area contributed by atoms with E-state index in [1.54, 1.807) is 31.2 Å². The molecule has 0 spiro atoms. The minimum absolute atomic E-state index is 0.0294. The van der Waals surface area contributed by atoms with Crippen LogP contribution in [0.5, 0.6) is 0 Å². The minimum Gasteiger partial charge on any atom is -0.481 e. The molecule has 0 unspecified atom stereocenters. The first-order valence-electron chi connectivity index (χ1n) is 9.51. The average Bonchev–Trinajstić information content (AvgIpc) is 3.01. The number of aliphatic hydroxyl groups is 1. The molecule has 0 aliphatic carbocycles. The third-order valence-electron chi connectivity index (χ3n) is 5.98. The lowest BCUT2D eigenvalue weighted by molar-refractivity contribution is -0.161. The number of hydrogen-bond donors (Lipinski definition) is 3. The Morgan fingerprint density at radius 1 is 1.31 bits per heavy atom. The van der Waals surface area contributed by atoms with Crippen LogP contribution in [0.1, 0.15) is 36.5 Å². The fraction of sp³-hybridized carbons (Fsp3) is 0.400. The van der Waals surface area contributed by atoms with Crippen LogP contribution < -0.4 is 5.32 Å². The molecule has 3 N–H and O–H groups in total. The Hall–Kier alpha value is -2.49. The van der Waals surface area contributed by atoms with E-state index < -0.39 is 27.5 Å². The number of hydrogen-bond acceptors (Lipinski definition) is 5. The van der Waals surface area contributed by atoms with Crippen molar-refractivity contribution in [1.82, 2.24) is 4.31 Å². The zero-order valence-electron chi connectivity index (χ0n) is 15.9. The highest BCUT2D eigenvalue weighted by atomic mass is 32.2. The Morgan fingerprint density at radius 2 is 2.07 bits per heavy atom. The zero-order valence-corrected chi connectivity index (χ0v) is 16.7. The van der Waals surface area contributed by atoms with Crippen molar-refractivity contribution >= 4 is 38.4 Å². The number of aliphatic hydroxyl groups excluding tert-OH is 1. The van der Waals surface area contributed by atoms with Crippen LogP contribution in [0.4, 0.5) is 5.69 Å². The van der Waals surface area contributed by atoms with Crippen LogP contribution in [-0.2, 0) is 14.8 Å². The van der Waals surface area contributed by atoms with Gasteiger partial charge in [0.05, 0.1) is 11.0 Å². The molecule has 2 aliphatic heterocycles. The van der Waals surface area contributed by atoms with E-state index in [9.17, 15) is 28.2 Å². The predicted octanol–water partition coefficient (Wildman–Crippen LogP) is 2.03. The fourth-order valence-corrected chi connectivity index (χ4v) is 6.20. The summed E-state index contributed by atoms with van der Waals surface area (Å²) >= 11 is 0. The van der Waals surface area contributed by atoms with Gasteiger partial charge in [-0.05, 0) is 31.0 Å². The minimum atomic E-state index is -4.04. The van der Waals surface area contributed by atoms with E-state index in [1.807, 2.05) is 0 Å². The van der Waals surface area contributed by atoms with Gasteiger partial charge in [-0.15, -0.1) is 0 Å². The number of carboxylic acids is 1. The number of amides is 1. The Kier molecular flexibility index (Phi) is 4.64. The van der Waals surface area contributed by atoms with Crippen molar-refractivity contribution in [2.75, 3.05) is 18.4 Å². The number of carboxylic acid groups (broad SMARTS) is 1. The van der Waals surface area contributed by atoms with Crippen molar-refractivity contribution in [3.63, 3.8) is 0 Å². The van der Waals surface area contributed by atoms with Gasteiger partial charge in [0, 0.05) is 35.1 Å². The quantitative estimate of drug-likeness (QED) is 0.683. The molecule has 4 rings (SSSR count). The second-order valence-electron chi connectivity index (χ2n) is 7.65. The van der Waals surface area contributed by atoms with Gasteiger partial charge in [0.2, 0.25) is 10.0 Å². The lowest BCUT2D eigenvalue weighted by atomic mass is 9.74. The van der Waals surface area contributed by atoms with Gasteiger partial charge in [0.15, 0.2) is 0 Å². The van der Waals surface area contributed by atoms with Crippen LogP contribution in [-0.4, -0.2) is 54.0 Å². The molecule has 1 saturated heterocycles. The van der Waals surface area contributed by atoms with Crippen molar-refractivity contribution in [2.45, 2.75) is 37.2 Å². The van der Waals surface area contributed by atoms with Gasteiger partial charge in [-0.25, -0.2) is 8.42 Å². The van der Waals surface area contributed by atoms with Gasteiger partial charge < -0.3 is 15.5 Å². The molecule has 0 bridgehead atoms. The van der Waals surface area contributed by atoms with Crippen LogP contribution in [0.25, 0.3) is 10.8 Å². The van der Waals surface area contributed by atoms with E-state index >= 15 is 0 Å². The van der Waals surface area contributed by atoms with Crippen LogP contribution >= 0.6 is 0 Å². The maximum absolute atomic E-state index is 13.5. The first kappa shape index (κ1) is 19.8. The second-order valence-corrected chi connectivity index (χ2v) is 9.55. The smallest absolute Gasteiger partial charge is 0.313 e.